The van der Waals surface area contributed by atoms with E-state index in [2.05, 4.69) is 9.97 Å². The maximum absolute atomic E-state index is 9.46. The Morgan fingerprint density at radius 3 is 2.85 bits per heavy atom. The first kappa shape index (κ1) is 13.4. The Bertz CT molecular complexity index is 770. The molecule has 1 aromatic carbocycles. The van der Waals surface area contributed by atoms with Gasteiger partial charge in [-0.05, 0) is 29.8 Å². The van der Waals surface area contributed by atoms with Crippen LogP contribution in [0, 0.1) is 0 Å². The number of aliphatic hydroxyl groups is 1. The molecule has 102 valence electrons. The molecule has 3 aromatic rings. The van der Waals surface area contributed by atoms with Gasteiger partial charge in [0.15, 0.2) is 0 Å². The molecule has 0 radical (unpaired) electrons. The molecule has 0 aliphatic carbocycles. The number of halogens is 2. The van der Waals surface area contributed by atoms with Gasteiger partial charge in [-0.2, -0.15) is 0 Å². The van der Waals surface area contributed by atoms with Gasteiger partial charge in [-0.1, -0.05) is 23.2 Å². The van der Waals surface area contributed by atoms with Gasteiger partial charge >= 0.3 is 0 Å². The summed E-state index contributed by atoms with van der Waals surface area (Å²) in [5, 5.41) is 10.7. The van der Waals surface area contributed by atoms with Gasteiger partial charge < -0.3 is 9.67 Å². The van der Waals surface area contributed by atoms with Crippen LogP contribution in [0.1, 0.15) is 11.4 Å². The van der Waals surface area contributed by atoms with E-state index >= 15 is 0 Å². The number of nitrogens with zero attached hydrogens (tertiary/aromatic N) is 3. The van der Waals surface area contributed by atoms with Gasteiger partial charge in [0.2, 0.25) is 0 Å². The Labute approximate surface area is 125 Å². The first-order valence-electron chi connectivity index (χ1n) is 6.03. The summed E-state index contributed by atoms with van der Waals surface area (Å²) in [7, 11) is 0. The summed E-state index contributed by atoms with van der Waals surface area (Å²) in [6.45, 7) is 0.338. The molecule has 0 saturated carbocycles. The number of imidazole rings is 1. The van der Waals surface area contributed by atoms with Gasteiger partial charge in [-0.3, -0.25) is 4.98 Å². The molecule has 0 aliphatic heterocycles. The first-order chi connectivity index (χ1) is 9.69. The second kappa shape index (κ2) is 5.40. The summed E-state index contributed by atoms with van der Waals surface area (Å²) in [6, 6.07) is 7.13. The van der Waals surface area contributed by atoms with E-state index in [1.165, 1.54) is 0 Å². The summed E-state index contributed by atoms with van der Waals surface area (Å²) in [5.74, 6) is 0.573. The van der Waals surface area contributed by atoms with Crippen molar-refractivity contribution in [2.24, 2.45) is 0 Å². The highest BCUT2D eigenvalue weighted by atomic mass is 35.5. The van der Waals surface area contributed by atoms with E-state index < -0.39 is 0 Å². The van der Waals surface area contributed by atoms with Crippen molar-refractivity contribution in [2.45, 2.75) is 13.2 Å². The van der Waals surface area contributed by atoms with Crippen molar-refractivity contribution < 1.29 is 5.11 Å². The standard InChI is InChI=1S/C14H11Cl2N3O/c15-10-1-2-11(16)9(5-10)7-19-13-6-17-4-3-12(13)18-14(19)8-20/h1-6,20H,7-8H2. The number of hydrogen-bond acceptors (Lipinski definition) is 3. The molecule has 0 aliphatic rings. The maximum Gasteiger partial charge on any atom is 0.136 e. The van der Waals surface area contributed by atoms with Crippen molar-refractivity contribution >= 4 is 34.2 Å². The number of aromatic nitrogens is 3. The smallest absolute Gasteiger partial charge is 0.136 e. The summed E-state index contributed by atoms with van der Waals surface area (Å²) in [5.41, 5.74) is 2.52. The van der Waals surface area contributed by atoms with Crippen LogP contribution in [0.3, 0.4) is 0 Å². The molecule has 0 amide bonds. The number of hydrogen-bond donors (Lipinski definition) is 1. The minimum Gasteiger partial charge on any atom is -0.388 e. The number of pyridine rings is 1. The van der Waals surface area contributed by atoms with Crippen LogP contribution in [-0.2, 0) is 13.2 Å². The van der Waals surface area contributed by atoms with Gasteiger partial charge in [0.25, 0.3) is 0 Å². The van der Waals surface area contributed by atoms with Crippen LogP contribution in [0.5, 0.6) is 0 Å². The molecule has 0 saturated heterocycles. The van der Waals surface area contributed by atoms with Crippen LogP contribution in [0.25, 0.3) is 11.0 Å². The molecule has 0 spiro atoms. The highest BCUT2D eigenvalue weighted by molar-refractivity contribution is 6.33. The van der Waals surface area contributed by atoms with Crippen molar-refractivity contribution in [1.29, 1.82) is 0 Å². The van der Waals surface area contributed by atoms with Crippen molar-refractivity contribution in [2.75, 3.05) is 0 Å². The molecule has 1 N–H and O–H groups in total. The molecular weight excluding hydrogens is 297 g/mol. The van der Waals surface area contributed by atoms with Crippen molar-refractivity contribution in [3.63, 3.8) is 0 Å². The van der Waals surface area contributed by atoms with Gasteiger partial charge in [-0.25, -0.2) is 4.98 Å². The lowest BCUT2D eigenvalue weighted by atomic mass is 10.2. The molecule has 3 rings (SSSR count). The Hall–Kier alpha value is -1.62. The van der Waals surface area contributed by atoms with E-state index in [-0.39, 0.29) is 6.61 Å². The Kier molecular flexibility index (Phi) is 3.61. The van der Waals surface area contributed by atoms with Crippen molar-refractivity contribution in [3.05, 3.63) is 58.1 Å². The Morgan fingerprint density at radius 1 is 1.20 bits per heavy atom. The number of benzene rings is 1. The third kappa shape index (κ3) is 2.38. The third-order valence-electron chi connectivity index (χ3n) is 3.11. The van der Waals surface area contributed by atoms with Crippen LogP contribution in [-0.4, -0.2) is 19.6 Å². The minimum atomic E-state index is -0.146. The zero-order valence-electron chi connectivity index (χ0n) is 10.4. The van der Waals surface area contributed by atoms with Crippen molar-refractivity contribution in [3.8, 4) is 0 Å². The minimum absolute atomic E-state index is 0.146. The topological polar surface area (TPSA) is 50.9 Å². The monoisotopic (exact) mass is 307 g/mol. The average molecular weight is 308 g/mol. The van der Waals surface area contributed by atoms with E-state index in [1.54, 1.807) is 24.5 Å². The molecule has 0 atom stereocenters. The predicted molar refractivity (Wildman–Crippen MR) is 79.0 cm³/mol. The SMILES string of the molecule is OCc1nc2ccncc2n1Cc1cc(Cl)ccc1Cl. The van der Waals surface area contributed by atoms with Crippen molar-refractivity contribution in [1.82, 2.24) is 14.5 Å². The van der Waals surface area contributed by atoms with E-state index in [9.17, 15) is 5.11 Å². The molecular formula is C14H11Cl2N3O. The van der Waals surface area contributed by atoms with Crippen LogP contribution in [0.15, 0.2) is 36.7 Å². The summed E-state index contributed by atoms with van der Waals surface area (Å²) < 4.78 is 1.89. The van der Waals surface area contributed by atoms with E-state index in [1.807, 2.05) is 16.7 Å². The molecule has 4 nitrogen and oxygen atoms in total. The molecule has 0 fully saturated rings. The van der Waals surface area contributed by atoms with Gasteiger partial charge in [-0.15, -0.1) is 0 Å². The fourth-order valence-corrected chi connectivity index (χ4v) is 2.52. The van der Waals surface area contributed by atoms with E-state index in [0.717, 1.165) is 16.6 Å². The maximum atomic E-state index is 9.46. The highest BCUT2D eigenvalue weighted by Gasteiger charge is 2.12. The van der Waals surface area contributed by atoms with Crippen LogP contribution < -0.4 is 0 Å². The van der Waals surface area contributed by atoms with Crippen LogP contribution in [0.2, 0.25) is 10.0 Å². The number of fused-ring (bicyclic) bond motifs is 1. The lowest BCUT2D eigenvalue weighted by Crippen LogP contribution is -2.05. The second-order valence-corrected chi connectivity index (χ2v) is 5.22. The average Bonchev–Trinajstić information content (AvgIpc) is 2.81. The molecule has 6 heteroatoms. The lowest BCUT2D eigenvalue weighted by molar-refractivity contribution is 0.267. The lowest BCUT2D eigenvalue weighted by Gasteiger charge is -2.09. The highest BCUT2D eigenvalue weighted by Crippen LogP contribution is 2.24. The summed E-state index contributed by atoms with van der Waals surface area (Å²) in [6.07, 6.45) is 3.40. The fourth-order valence-electron chi connectivity index (χ4n) is 2.15. The summed E-state index contributed by atoms with van der Waals surface area (Å²) >= 11 is 12.2. The first-order valence-corrected chi connectivity index (χ1v) is 6.78. The molecule has 2 heterocycles. The summed E-state index contributed by atoms with van der Waals surface area (Å²) in [4.78, 5) is 8.48. The number of aliphatic hydroxyl groups excluding tert-OH is 1. The van der Waals surface area contributed by atoms with E-state index in [4.69, 9.17) is 23.2 Å². The number of rotatable bonds is 3. The van der Waals surface area contributed by atoms with Gasteiger partial charge in [0.05, 0.1) is 23.8 Å². The van der Waals surface area contributed by atoms with Gasteiger partial charge in [0.1, 0.15) is 12.4 Å². The molecule has 2 aromatic heterocycles. The zero-order valence-corrected chi connectivity index (χ0v) is 11.9. The van der Waals surface area contributed by atoms with Gasteiger partial charge in [0, 0.05) is 16.2 Å². The predicted octanol–water partition coefficient (Wildman–Crippen LogP) is 3.28. The largest absolute Gasteiger partial charge is 0.388 e. The molecule has 20 heavy (non-hydrogen) atoms. The fraction of sp³-hybridized carbons (Fsp3) is 0.143. The molecule has 0 unspecified atom stereocenters. The van der Waals surface area contributed by atoms with E-state index in [0.29, 0.717) is 22.4 Å². The second-order valence-electron chi connectivity index (χ2n) is 4.37. The van der Waals surface area contributed by atoms with Crippen LogP contribution in [0.4, 0.5) is 0 Å². The quantitative estimate of drug-likeness (QED) is 0.808. The normalized spacial score (nSPS) is 11.2. The Morgan fingerprint density at radius 2 is 2.05 bits per heavy atom. The van der Waals surface area contributed by atoms with Crippen LogP contribution >= 0.6 is 23.2 Å². The Balaban J connectivity index is 2.12. The molecule has 0 bridgehead atoms. The third-order valence-corrected chi connectivity index (χ3v) is 3.71. The zero-order chi connectivity index (χ0) is 14.1.